The van der Waals surface area contributed by atoms with Crippen LogP contribution in [-0.4, -0.2) is 54.0 Å². The summed E-state index contributed by atoms with van der Waals surface area (Å²) in [4.78, 5) is 16.2. The topological polar surface area (TPSA) is 35.6 Å². The predicted molar refractivity (Wildman–Crippen MR) is 98.4 cm³/mol. The Hall–Kier alpha value is -1.39. The van der Waals surface area contributed by atoms with Crippen molar-refractivity contribution in [3.05, 3.63) is 35.4 Å². The lowest BCUT2D eigenvalue weighted by Gasteiger charge is -2.49. The van der Waals surface area contributed by atoms with E-state index in [-0.39, 0.29) is 0 Å². The SMILES string of the molecule is O=CN1C2CCC1CC(N1CCC3(CC1)CNCc1ccccc13)C2. The van der Waals surface area contributed by atoms with E-state index in [1.165, 1.54) is 57.2 Å². The van der Waals surface area contributed by atoms with E-state index in [0.29, 0.717) is 23.5 Å². The molecule has 0 aliphatic carbocycles. The third-order valence-corrected chi connectivity index (χ3v) is 7.53. The standard InChI is InChI=1S/C21H29N3O/c25-15-24-17-5-6-18(24)12-19(11-17)23-9-7-21(8-10-23)14-22-13-16-3-1-2-4-20(16)21/h1-4,15,17-19,22H,5-14H2. The van der Waals surface area contributed by atoms with Gasteiger partial charge in [-0.05, 0) is 62.7 Å². The fraction of sp³-hybridized carbons (Fsp3) is 0.667. The van der Waals surface area contributed by atoms with Gasteiger partial charge in [-0.15, -0.1) is 0 Å². The largest absolute Gasteiger partial charge is 0.339 e. The molecule has 0 radical (unpaired) electrons. The zero-order valence-electron chi connectivity index (χ0n) is 15.0. The lowest BCUT2D eigenvalue weighted by Crippen LogP contribution is -2.56. The molecule has 2 atom stereocenters. The Bertz CT molecular complexity index is 638. The highest BCUT2D eigenvalue weighted by atomic mass is 16.1. The van der Waals surface area contributed by atoms with E-state index in [9.17, 15) is 4.79 Å². The second-order valence-corrected chi connectivity index (χ2v) is 8.64. The van der Waals surface area contributed by atoms with Crippen molar-refractivity contribution in [2.45, 2.75) is 68.6 Å². The van der Waals surface area contributed by atoms with Crippen molar-refractivity contribution >= 4 is 6.41 Å². The van der Waals surface area contributed by atoms with Gasteiger partial charge in [-0.2, -0.15) is 0 Å². The van der Waals surface area contributed by atoms with Crippen LogP contribution in [0.25, 0.3) is 0 Å². The molecular formula is C21H29N3O. The van der Waals surface area contributed by atoms with Crippen molar-refractivity contribution in [2.24, 2.45) is 0 Å². The number of likely N-dealkylation sites (tertiary alicyclic amines) is 1. The summed E-state index contributed by atoms with van der Waals surface area (Å²) in [6.07, 6.45) is 8.45. The van der Waals surface area contributed by atoms with Crippen LogP contribution in [0.15, 0.2) is 24.3 Å². The molecule has 4 heteroatoms. The van der Waals surface area contributed by atoms with E-state index in [2.05, 4.69) is 39.4 Å². The molecule has 4 aliphatic rings. The van der Waals surface area contributed by atoms with Gasteiger partial charge < -0.3 is 15.1 Å². The molecule has 4 heterocycles. The summed E-state index contributed by atoms with van der Waals surface area (Å²) in [5.74, 6) is 0. The Morgan fingerprint density at radius 3 is 2.48 bits per heavy atom. The van der Waals surface area contributed by atoms with E-state index >= 15 is 0 Å². The minimum absolute atomic E-state index is 0.341. The Kier molecular flexibility index (Phi) is 3.86. The van der Waals surface area contributed by atoms with Crippen molar-refractivity contribution < 1.29 is 4.79 Å². The molecule has 5 rings (SSSR count). The summed E-state index contributed by atoms with van der Waals surface area (Å²) in [6, 6.07) is 10.8. The van der Waals surface area contributed by atoms with Gasteiger partial charge in [-0.1, -0.05) is 24.3 Å². The average molecular weight is 339 g/mol. The molecule has 4 aliphatic heterocycles. The molecule has 1 N–H and O–H groups in total. The molecule has 4 nitrogen and oxygen atoms in total. The number of carbonyl (C=O) groups excluding carboxylic acids is 1. The maximum Gasteiger partial charge on any atom is 0.210 e. The molecule has 2 bridgehead atoms. The fourth-order valence-electron chi connectivity index (χ4n) is 6.14. The molecule has 3 fully saturated rings. The number of nitrogens with zero attached hydrogens (tertiary/aromatic N) is 2. The van der Waals surface area contributed by atoms with Crippen LogP contribution in [-0.2, 0) is 16.8 Å². The quantitative estimate of drug-likeness (QED) is 0.840. The highest BCUT2D eigenvalue weighted by molar-refractivity contribution is 5.50. The Balaban J connectivity index is 1.29. The fourth-order valence-corrected chi connectivity index (χ4v) is 6.14. The maximum atomic E-state index is 11.3. The van der Waals surface area contributed by atoms with Crippen LogP contribution < -0.4 is 5.32 Å². The highest BCUT2D eigenvalue weighted by Crippen LogP contribution is 2.42. The second kappa shape index (κ2) is 6.10. The molecule has 134 valence electrons. The van der Waals surface area contributed by atoms with E-state index in [1.807, 2.05) is 0 Å². The van der Waals surface area contributed by atoms with Crippen molar-refractivity contribution in [1.29, 1.82) is 0 Å². The number of nitrogens with one attached hydrogen (secondary N) is 1. The third-order valence-electron chi connectivity index (χ3n) is 7.53. The number of hydrogen-bond donors (Lipinski definition) is 1. The van der Waals surface area contributed by atoms with Gasteiger partial charge in [0.1, 0.15) is 0 Å². The van der Waals surface area contributed by atoms with Crippen LogP contribution in [0.5, 0.6) is 0 Å². The Morgan fingerprint density at radius 2 is 1.76 bits per heavy atom. The Labute approximate surface area is 150 Å². The lowest BCUT2D eigenvalue weighted by atomic mass is 9.69. The van der Waals surface area contributed by atoms with Crippen LogP contribution in [0.2, 0.25) is 0 Å². The zero-order valence-corrected chi connectivity index (χ0v) is 15.0. The van der Waals surface area contributed by atoms with Gasteiger partial charge in [0, 0.05) is 36.6 Å². The summed E-state index contributed by atoms with van der Waals surface area (Å²) in [5.41, 5.74) is 3.44. The normalized spacial score (nSPS) is 34.1. The van der Waals surface area contributed by atoms with Gasteiger partial charge in [-0.25, -0.2) is 0 Å². The van der Waals surface area contributed by atoms with Gasteiger partial charge in [0.25, 0.3) is 0 Å². The van der Waals surface area contributed by atoms with Crippen molar-refractivity contribution in [1.82, 2.24) is 15.1 Å². The van der Waals surface area contributed by atoms with Crippen LogP contribution in [0.1, 0.15) is 49.7 Å². The number of hydrogen-bond acceptors (Lipinski definition) is 3. The molecule has 1 aromatic carbocycles. The highest BCUT2D eigenvalue weighted by Gasteiger charge is 2.45. The molecule has 2 unspecified atom stereocenters. The molecule has 1 amide bonds. The van der Waals surface area contributed by atoms with E-state index in [0.717, 1.165) is 19.5 Å². The predicted octanol–water partition coefficient (Wildman–Crippen LogP) is 2.28. The maximum absolute atomic E-state index is 11.3. The average Bonchev–Trinajstić information content (AvgIpc) is 2.91. The summed E-state index contributed by atoms with van der Waals surface area (Å²) >= 11 is 0. The smallest absolute Gasteiger partial charge is 0.210 e. The lowest BCUT2D eigenvalue weighted by molar-refractivity contribution is -0.123. The van der Waals surface area contributed by atoms with Crippen molar-refractivity contribution in [3.63, 3.8) is 0 Å². The van der Waals surface area contributed by atoms with Gasteiger partial charge in [0.2, 0.25) is 6.41 Å². The van der Waals surface area contributed by atoms with Crippen LogP contribution in [0.4, 0.5) is 0 Å². The minimum Gasteiger partial charge on any atom is -0.339 e. The first-order chi connectivity index (χ1) is 12.3. The van der Waals surface area contributed by atoms with Crippen molar-refractivity contribution in [2.75, 3.05) is 19.6 Å². The first-order valence-corrected chi connectivity index (χ1v) is 10.0. The van der Waals surface area contributed by atoms with Crippen molar-refractivity contribution in [3.8, 4) is 0 Å². The number of fused-ring (bicyclic) bond motifs is 4. The monoisotopic (exact) mass is 339 g/mol. The van der Waals surface area contributed by atoms with Gasteiger partial charge in [-0.3, -0.25) is 4.79 Å². The van der Waals surface area contributed by atoms with Crippen LogP contribution in [0.3, 0.4) is 0 Å². The summed E-state index contributed by atoms with van der Waals surface area (Å²) in [5, 5.41) is 3.67. The molecule has 0 aromatic heterocycles. The molecule has 0 saturated carbocycles. The van der Waals surface area contributed by atoms with Gasteiger partial charge in [0.15, 0.2) is 0 Å². The molecule has 1 aromatic rings. The Morgan fingerprint density at radius 1 is 1.04 bits per heavy atom. The first kappa shape index (κ1) is 15.8. The summed E-state index contributed by atoms with van der Waals surface area (Å²) in [7, 11) is 0. The van der Waals surface area contributed by atoms with E-state index in [1.54, 1.807) is 5.56 Å². The summed E-state index contributed by atoms with van der Waals surface area (Å²) < 4.78 is 0. The number of benzene rings is 1. The van der Waals surface area contributed by atoms with Gasteiger partial charge in [0.05, 0.1) is 0 Å². The van der Waals surface area contributed by atoms with E-state index in [4.69, 9.17) is 0 Å². The number of carbonyl (C=O) groups is 1. The molecular weight excluding hydrogens is 310 g/mol. The molecule has 1 spiro atoms. The first-order valence-electron chi connectivity index (χ1n) is 10.0. The summed E-state index contributed by atoms with van der Waals surface area (Å²) in [6.45, 7) is 4.57. The van der Waals surface area contributed by atoms with Gasteiger partial charge >= 0.3 is 0 Å². The van der Waals surface area contributed by atoms with Crippen LogP contribution in [0, 0.1) is 0 Å². The number of rotatable bonds is 2. The number of piperidine rings is 2. The minimum atomic E-state index is 0.341. The number of amides is 1. The zero-order chi connectivity index (χ0) is 16.9. The molecule has 25 heavy (non-hydrogen) atoms. The third kappa shape index (κ3) is 2.53. The molecule has 3 saturated heterocycles. The second-order valence-electron chi connectivity index (χ2n) is 8.64. The van der Waals surface area contributed by atoms with Crippen LogP contribution >= 0.6 is 0 Å². The van der Waals surface area contributed by atoms with E-state index < -0.39 is 0 Å².